The van der Waals surface area contributed by atoms with Crippen LogP contribution in [0.5, 0.6) is 11.5 Å². The van der Waals surface area contributed by atoms with E-state index in [0.717, 1.165) is 52.4 Å². The third kappa shape index (κ3) is 6.52. The Labute approximate surface area is 237 Å². The van der Waals surface area contributed by atoms with Crippen molar-refractivity contribution in [2.45, 2.75) is 38.6 Å². The summed E-state index contributed by atoms with van der Waals surface area (Å²) in [6, 6.07) is 38.0. The predicted molar refractivity (Wildman–Crippen MR) is 162 cm³/mol. The topological polar surface area (TPSA) is 38.8 Å². The summed E-state index contributed by atoms with van der Waals surface area (Å²) in [6.07, 6.45) is 0.882. The Kier molecular flexibility index (Phi) is 8.78. The number of hydrogen-bond acceptors (Lipinski definition) is 4. The molecule has 0 radical (unpaired) electrons. The van der Waals surface area contributed by atoms with Gasteiger partial charge in [-0.05, 0) is 77.9 Å². The van der Waals surface area contributed by atoms with Crippen molar-refractivity contribution in [3.63, 3.8) is 0 Å². The highest BCUT2D eigenvalue weighted by atomic mass is 16.5. The van der Waals surface area contributed by atoms with Crippen LogP contribution >= 0.6 is 0 Å². The fourth-order valence-corrected chi connectivity index (χ4v) is 5.28. The number of rotatable bonds is 10. The van der Waals surface area contributed by atoms with E-state index in [2.05, 4.69) is 67.3 Å². The maximum atomic E-state index is 12.2. The first-order chi connectivity index (χ1) is 19.5. The van der Waals surface area contributed by atoms with E-state index in [1.807, 2.05) is 60.7 Å². The number of benzene rings is 4. The lowest BCUT2D eigenvalue weighted by Gasteiger charge is -2.42. The normalized spacial score (nSPS) is 14.4. The Morgan fingerprint density at radius 2 is 1.27 bits per heavy atom. The zero-order chi connectivity index (χ0) is 27.9. The molecule has 0 bridgehead atoms. The molecule has 5 rings (SSSR count). The quantitative estimate of drug-likeness (QED) is 0.153. The van der Waals surface area contributed by atoms with Gasteiger partial charge in [-0.2, -0.15) is 0 Å². The summed E-state index contributed by atoms with van der Waals surface area (Å²) < 4.78 is 11.1. The largest absolute Gasteiger partial charge is 0.469 e. The van der Waals surface area contributed by atoms with Crippen molar-refractivity contribution in [1.29, 1.82) is 0 Å². The lowest BCUT2D eigenvalue weighted by atomic mass is 9.85. The minimum absolute atomic E-state index is 0.213. The zero-order valence-electron chi connectivity index (χ0n) is 23.5. The van der Waals surface area contributed by atoms with Gasteiger partial charge in [0, 0.05) is 31.5 Å². The van der Waals surface area contributed by atoms with E-state index in [9.17, 15) is 4.79 Å². The van der Waals surface area contributed by atoms with Gasteiger partial charge in [-0.25, -0.2) is 0 Å². The summed E-state index contributed by atoms with van der Waals surface area (Å²) in [7, 11) is 1.44. The SMILES string of the molecule is COC(=O)CC/C(=C(\c1ccc(Oc2ccccc2)cc1)c1ccc(C2CN(C(C)C)C2)cc1)c1ccccc1. The van der Waals surface area contributed by atoms with E-state index in [4.69, 9.17) is 9.47 Å². The summed E-state index contributed by atoms with van der Waals surface area (Å²) in [5, 5.41) is 0. The monoisotopic (exact) mass is 531 g/mol. The van der Waals surface area contributed by atoms with Crippen molar-refractivity contribution in [1.82, 2.24) is 4.90 Å². The molecule has 0 atom stereocenters. The molecule has 1 fully saturated rings. The molecule has 4 nitrogen and oxygen atoms in total. The van der Waals surface area contributed by atoms with Crippen LogP contribution in [0.3, 0.4) is 0 Å². The van der Waals surface area contributed by atoms with Gasteiger partial charge in [0.2, 0.25) is 0 Å². The van der Waals surface area contributed by atoms with Crippen LogP contribution in [0.4, 0.5) is 0 Å². The van der Waals surface area contributed by atoms with Crippen LogP contribution in [-0.2, 0) is 9.53 Å². The third-order valence-corrected chi connectivity index (χ3v) is 7.66. The molecule has 4 aromatic rings. The second-order valence-corrected chi connectivity index (χ2v) is 10.6. The van der Waals surface area contributed by atoms with E-state index in [-0.39, 0.29) is 5.97 Å². The molecule has 0 N–H and O–H groups in total. The molecule has 4 heteroatoms. The minimum atomic E-state index is -0.213. The standard InChI is InChI=1S/C36H37NO3/c1-26(2)37-24-31(25-37)27-14-16-29(17-15-27)36(34(22-23-35(38)39-3)28-10-6-4-7-11-28)30-18-20-33(21-19-30)40-32-12-8-5-9-13-32/h4-21,26,31H,22-25H2,1-3H3/b36-34+. The molecule has 0 unspecified atom stereocenters. The van der Waals surface area contributed by atoms with Gasteiger partial charge in [0.05, 0.1) is 7.11 Å². The first-order valence-electron chi connectivity index (χ1n) is 14.0. The average Bonchev–Trinajstić information content (AvgIpc) is 2.96. The number of hydrogen-bond donors (Lipinski definition) is 0. The highest BCUT2D eigenvalue weighted by molar-refractivity contribution is 5.99. The van der Waals surface area contributed by atoms with E-state index >= 15 is 0 Å². The number of para-hydroxylation sites is 1. The maximum absolute atomic E-state index is 12.2. The van der Waals surface area contributed by atoms with Crippen molar-refractivity contribution < 1.29 is 14.3 Å². The highest BCUT2D eigenvalue weighted by Crippen LogP contribution is 2.37. The van der Waals surface area contributed by atoms with Crippen molar-refractivity contribution in [2.75, 3.05) is 20.2 Å². The number of methoxy groups -OCH3 is 1. The Morgan fingerprint density at radius 1 is 0.725 bits per heavy atom. The molecule has 1 heterocycles. The molecule has 1 aliphatic heterocycles. The van der Waals surface area contributed by atoms with Gasteiger partial charge in [-0.1, -0.05) is 84.9 Å². The molecular formula is C36H37NO3. The average molecular weight is 532 g/mol. The summed E-state index contributed by atoms with van der Waals surface area (Å²) in [5.74, 6) is 1.94. The van der Waals surface area contributed by atoms with Gasteiger partial charge >= 0.3 is 5.97 Å². The molecule has 0 aromatic heterocycles. The Hall–Kier alpha value is -4.15. The molecular weight excluding hydrogens is 494 g/mol. The number of carbonyl (C=O) groups excluding carboxylic acids is 1. The first-order valence-corrected chi connectivity index (χ1v) is 14.0. The molecule has 0 aliphatic carbocycles. The van der Waals surface area contributed by atoms with Gasteiger partial charge in [0.25, 0.3) is 0 Å². The lowest BCUT2D eigenvalue weighted by molar-refractivity contribution is -0.140. The summed E-state index contributed by atoms with van der Waals surface area (Å²) in [4.78, 5) is 14.7. The Morgan fingerprint density at radius 3 is 1.85 bits per heavy atom. The Bertz CT molecular complexity index is 1420. The number of carbonyl (C=O) groups is 1. The maximum Gasteiger partial charge on any atom is 0.305 e. The van der Waals surface area contributed by atoms with Crippen LogP contribution < -0.4 is 4.74 Å². The lowest BCUT2D eigenvalue weighted by Crippen LogP contribution is -2.48. The minimum Gasteiger partial charge on any atom is -0.469 e. The van der Waals surface area contributed by atoms with Crippen LogP contribution in [0.15, 0.2) is 109 Å². The highest BCUT2D eigenvalue weighted by Gasteiger charge is 2.29. The predicted octanol–water partition coefficient (Wildman–Crippen LogP) is 8.20. The number of nitrogens with zero attached hydrogens (tertiary/aromatic N) is 1. The molecule has 204 valence electrons. The van der Waals surface area contributed by atoms with Crippen LogP contribution in [-0.4, -0.2) is 37.1 Å². The van der Waals surface area contributed by atoms with Crippen molar-refractivity contribution in [2.24, 2.45) is 0 Å². The number of esters is 1. The van der Waals surface area contributed by atoms with Crippen LogP contribution in [0.1, 0.15) is 54.9 Å². The molecule has 0 amide bonds. The summed E-state index contributed by atoms with van der Waals surface area (Å²) in [5.41, 5.74) is 6.91. The van der Waals surface area contributed by atoms with Crippen molar-refractivity contribution in [3.8, 4) is 11.5 Å². The molecule has 0 spiro atoms. The van der Waals surface area contributed by atoms with E-state index in [1.54, 1.807) is 0 Å². The second-order valence-electron chi connectivity index (χ2n) is 10.6. The number of likely N-dealkylation sites (tertiary alicyclic amines) is 1. The number of allylic oxidation sites excluding steroid dienone is 1. The van der Waals surface area contributed by atoms with E-state index in [0.29, 0.717) is 24.8 Å². The van der Waals surface area contributed by atoms with Gasteiger partial charge in [-0.15, -0.1) is 0 Å². The van der Waals surface area contributed by atoms with Gasteiger partial charge in [0.15, 0.2) is 0 Å². The molecule has 0 saturated carbocycles. The molecule has 1 aliphatic rings. The van der Waals surface area contributed by atoms with Gasteiger partial charge in [-0.3, -0.25) is 9.69 Å². The molecule has 40 heavy (non-hydrogen) atoms. The van der Waals surface area contributed by atoms with Gasteiger partial charge < -0.3 is 9.47 Å². The van der Waals surface area contributed by atoms with E-state index < -0.39 is 0 Å². The van der Waals surface area contributed by atoms with E-state index in [1.165, 1.54) is 12.7 Å². The van der Waals surface area contributed by atoms with Crippen molar-refractivity contribution in [3.05, 3.63) is 131 Å². The third-order valence-electron chi connectivity index (χ3n) is 7.66. The first kappa shape index (κ1) is 27.4. The second kappa shape index (κ2) is 12.8. The fraction of sp³-hybridized carbons (Fsp3) is 0.250. The Balaban J connectivity index is 1.53. The zero-order valence-corrected chi connectivity index (χ0v) is 23.5. The molecule has 4 aromatic carbocycles. The summed E-state index contributed by atoms with van der Waals surface area (Å²) in [6.45, 7) is 6.73. The van der Waals surface area contributed by atoms with Crippen LogP contribution in [0.25, 0.3) is 11.1 Å². The van der Waals surface area contributed by atoms with Crippen LogP contribution in [0, 0.1) is 0 Å². The smallest absolute Gasteiger partial charge is 0.305 e. The van der Waals surface area contributed by atoms with Crippen LogP contribution in [0.2, 0.25) is 0 Å². The fourth-order valence-electron chi connectivity index (χ4n) is 5.28. The van der Waals surface area contributed by atoms with Gasteiger partial charge in [0.1, 0.15) is 11.5 Å². The summed E-state index contributed by atoms with van der Waals surface area (Å²) >= 11 is 0. The van der Waals surface area contributed by atoms with Crippen molar-refractivity contribution >= 4 is 17.1 Å². The molecule has 1 saturated heterocycles. The number of ether oxygens (including phenoxy) is 2.